The molecule has 1 saturated heterocycles. The van der Waals surface area contributed by atoms with E-state index in [1.54, 1.807) is 6.33 Å². The summed E-state index contributed by atoms with van der Waals surface area (Å²) in [5.41, 5.74) is 2.04. The Kier molecular flexibility index (Phi) is 7.23. The number of hydrogen-bond acceptors (Lipinski definition) is 5. The zero-order valence-electron chi connectivity index (χ0n) is 16.9. The van der Waals surface area contributed by atoms with Crippen molar-refractivity contribution in [3.8, 4) is 0 Å². The average Bonchev–Trinajstić information content (AvgIpc) is 2.71. The van der Waals surface area contributed by atoms with Crippen LogP contribution in [0.1, 0.15) is 44.6 Å². The lowest BCUT2D eigenvalue weighted by molar-refractivity contribution is -0.116. The number of amides is 1. The van der Waals surface area contributed by atoms with Crippen LogP contribution in [0.4, 0.5) is 17.3 Å². The third kappa shape index (κ3) is 5.94. The molecule has 0 saturated carbocycles. The maximum atomic E-state index is 12.2. The molecule has 0 aliphatic carbocycles. The Morgan fingerprint density at radius 1 is 1.21 bits per heavy atom. The third-order valence-corrected chi connectivity index (χ3v) is 5.23. The molecule has 1 aromatic carbocycles. The summed E-state index contributed by atoms with van der Waals surface area (Å²) in [5.74, 6) is 2.58. The zero-order chi connectivity index (χ0) is 19.8. The number of benzene rings is 1. The van der Waals surface area contributed by atoms with Gasteiger partial charge in [0.15, 0.2) is 0 Å². The molecule has 1 aliphatic heterocycles. The third-order valence-electron chi connectivity index (χ3n) is 5.23. The number of aromatic nitrogens is 2. The van der Waals surface area contributed by atoms with E-state index >= 15 is 0 Å². The summed E-state index contributed by atoms with van der Waals surface area (Å²) in [6, 6.07) is 9.97. The van der Waals surface area contributed by atoms with Crippen LogP contribution < -0.4 is 15.5 Å². The molecular weight excluding hydrogens is 350 g/mol. The van der Waals surface area contributed by atoms with Crippen molar-refractivity contribution in [2.45, 2.75) is 46.0 Å². The lowest BCUT2D eigenvalue weighted by Crippen LogP contribution is -2.34. The van der Waals surface area contributed by atoms with E-state index in [1.807, 2.05) is 37.3 Å². The molecule has 0 bridgehead atoms. The molecule has 2 heterocycles. The van der Waals surface area contributed by atoms with Crippen molar-refractivity contribution in [3.63, 3.8) is 0 Å². The molecule has 6 heteroatoms. The molecule has 0 radical (unpaired) electrons. The van der Waals surface area contributed by atoms with E-state index in [4.69, 9.17) is 0 Å². The van der Waals surface area contributed by atoms with Crippen molar-refractivity contribution < 1.29 is 4.79 Å². The fraction of sp³-hybridized carbons (Fsp3) is 0.500. The molecule has 2 N–H and O–H groups in total. The van der Waals surface area contributed by atoms with Crippen molar-refractivity contribution in [3.05, 3.63) is 42.2 Å². The second-order valence-electron chi connectivity index (χ2n) is 7.57. The Morgan fingerprint density at radius 3 is 2.79 bits per heavy atom. The molecule has 6 nitrogen and oxygen atoms in total. The van der Waals surface area contributed by atoms with Gasteiger partial charge in [0.2, 0.25) is 5.91 Å². The van der Waals surface area contributed by atoms with Gasteiger partial charge in [-0.25, -0.2) is 9.97 Å². The van der Waals surface area contributed by atoms with Gasteiger partial charge in [-0.2, -0.15) is 0 Å². The first-order valence-electron chi connectivity index (χ1n) is 10.3. The SMILES string of the molecule is CCCNc1cc(N2CCC(CCC(=O)Nc3cccc(C)c3)CC2)ncn1. The Balaban J connectivity index is 1.42. The van der Waals surface area contributed by atoms with Gasteiger partial charge in [0.05, 0.1) is 0 Å². The number of nitrogens with zero attached hydrogens (tertiary/aromatic N) is 3. The first-order chi connectivity index (χ1) is 13.6. The van der Waals surface area contributed by atoms with E-state index in [0.717, 1.165) is 68.2 Å². The van der Waals surface area contributed by atoms with Crippen molar-refractivity contribution in [1.82, 2.24) is 9.97 Å². The highest BCUT2D eigenvalue weighted by atomic mass is 16.1. The number of nitrogens with one attached hydrogen (secondary N) is 2. The predicted octanol–water partition coefficient (Wildman–Crippen LogP) is 4.24. The summed E-state index contributed by atoms with van der Waals surface area (Å²) < 4.78 is 0. The van der Waals surface area contributed by atoms with Crippen LogP contribution >= 0.6 is 0 Å². The van der Waals surface area contributed by atoms with Crippen molar-refractivity contribution >= 4 is 23.2 Å². The molecule has 1 amide bonds. The van der Waals surface area contributed by atoms with E-state index in [2.05, 4.69) is 32.4 Å². The predicted molar refractivity (Wildman–Crippen MR) is 115 cm³/mol. The number of anilines is 3. The highest BCUT2D eigenvalue weighted by molar-refractivity contribution is 5.90. The highest BCUT2D eigenvalue weighted by Crippen LogP contribution is 2.26. The van der Waals surface area contributed by atoms with E-state index < -0.39 is 0 Å². The fourth-order valence-electron chi connectivity index (χ4n) is 3.60. The quantitative estimate of drug-likeness (QED) is 0.716. The van der Waals surface area contributed by atoms with Crippen molar-refractivity contribution in [2.24, 2.45) is 5.92 Å². The van der Waals surface area contributed by atoms with Gasteiger partial charge in [-0.1, -0.05) is 19.1 Å². The van der Waals surface area contributed by atoms with Crippen molar-refractivity contribution in [2.75, 3.05) is 35.2 Å². The summed E-state index contributed by atoms with van der Waals surface area (Å²) in [6.45, 7) is 7.05. The number of rotatable bonds is 8. The standard InChI is InChI=1S/C22H31N5O/c1-3-11-23-20-15-21(25-16-24-20)27-12-9-18(10-13-27)7-8-22(28)26-19-6-4-5-17(2)14-19/h4-6,14-16,18H,3,7-13H2,1-2H3,(H,26,28)(H,23,24,25). The Hall–Kier alpha value is -2.63. The van der Waals surface area contributed by atoms with Gasteiger partial charge in [0, 0.05) is 37.8 Å². The van der Waals surface area contributed by atoms with Gasteiger partial charge in [-0.3, -0.25) is 4.79 Å². The van der Waals surface area contributed by atoms with Gasteiger partial charge in [0.25, 0.3) is 0 Å². The first-order valence-corrected chi connectivity index (χ1v) is 10.3. The lowest BCUT2D eigenvalue weighted by Gasteiger charge is -2.32. The highest BCUT2D eigenvalue weighted by Gasteiger charge is 2.21. The van der Waals surface area contributed by atoms with Gasteiger partial charge in [0.1, 0.15) is 18.0 Å². The monoisotopic (exact) mass is 381 g/mol. The van der Waals surface area contributed by atoms with Gasteiger partial charge >= 0.3 is 0 Å². The van der Waals surface area contributed by atoms with E-state index in [1.165, 1.54) is 0 Å². The molecule has 0 spiro atoms. The molecule has 2 aromatic rings. The zero-order valence-corrected chi connectivity index (χ0v) is 16.9. The summed E-state index contributed by atoms with van der Waals surface area (Å²) in [7, 11) is 0. The number of aryl methyl sites for hydroxylation is 1. The molecule has 0 unspecified atom stereocenters. The lowest BCUT2D eigenvalue weighted by atomic mass is 9.92. The van der Waals surface area contributed by atoms with E-state index in [0.29, 0.717) is 12.3 Å². The van der Waals surface area contributed by atoms with E-state index in [-0.39, 0.29) is 5.91 Å². The summed E-state index contributed by atoms with van der Waals surface area (Å²) in [6.07, 6.45) is 6.42. The Labute approximate surface area is 167 Å². The molecule has 28 heavy (non-hydrogen) atoms. The molecule has 1 aromatic heterocycles. The number of piperidine rings is 1. The minimum atomic E-state index is 0.107. The Morgan fingerprint density at radius 2 is 2.04 bits per heavy atom. The van der Waals surface area contributed by atoms with Crippen LogP contribution in [0.3, 0.4) is 0 Å². The average molecular weight is 382 g/mol. The van der Waals surface area contributed by atoms with Gasteiger partial charge in [-0.15, -0.1) is 0 Å². The normalized spacial score (nSPS) is 14.7. The minimum Gasteiger partial charge on any atom is -0.370 e. The van der Waals surface area contributed by atoms with Crippen LogP contribution in [-0.2, 0) is 4.79 Å². The maximum absolute atomic E-state index is 12.2. The molecule has 3 rings (SSSR count). The molecule has 0 atom stereocenters. The second-order valence-corrected chi connectivity index (χ2v) is 7.57. The Bertz CT molecular complexity index is 771. The molecular formula is C22H31N5O. The van der Waals surface area contributed by atoms with Crippen molar-refractivity contribution in [1.29, 1.82) is 0 Å². The minimum absolute atomic E-state index is 0.107. The second kappa shape index (κ2) is 10.1. The molecule has 1 fully saturated rings. The largest absolute Gasteiger partial charge is 0.370 e. The van der Waals surface area contributed by atoms with Crippen LogP contribution in [0.15, 0.2) is 36.7 Å². The number of carbonyl (C=O) groups excluding carboxylic acids is 1. The maximum Gasteiger partial charge on any atom is 0.224 e. The van der Waals surface area contributed by atoms with Crippen LogP contribution in [0.5, 0.6) is 0 Å². The molecule has 150 valence electrons. The smallest absolute Gasteiger partial charge is 0.224 e. The van der Waals surface area contributed by atoms with Gasteiger partial charge < -0.3 is 15.5 Å². The van der Waals surface area contributed by atoms with Crippen LogP contribution in [0.25, 0.3) is 0 Å². The topological polar surface area (TPSA) is 70.2 Å². The van der Waals surface area contributed by atoms with Crippen LogP contribution in [0, 0.1) is 12.8 Å². The fourth-order valence-corrected chi connectivity index (χ4v) is 3.60. The number of hydrogen-bond donors (Lipinski definition) is 2. The first kappa shape index (κ1) is 20.1. The van der Waals surface area contributed by atoms with Crippen LogP contribution in [0.2, 0.25) is 0 Å². The van der Waals surface area contributed by atoms with Crippen LogP contribution in [-0.4, -0.2) is 35.5 Å². The van der Waals surface area contributed by atoms with Gasteiger partial charge in [-0.05, 0) is 56.2 Å². The summed E-state index contributed by atoms with van der Waals surface area (Å²) >= 11 is 0. The molecule has 1 aliphatic rings. The van der Waals surface area contributed by atoms with E-state index in [9.17, 15) is 4.79 Å². The number of carbonyl (C=O) groups is 1. The summed E-state index contributed by atoms with van der Waals surface area (Å²) in [5, 5.41) is 6.32. The summed E-state index contributed by atoms with van der Waals surface area (Å²) in [4.78, 5) is 23.3.